The van der Waals surface area contributed by atoms with Crippen molar-refractivity contribution in [2.75, 3.05) is 14.2 Å². The van der Waals surface area contributed by atoms with Crippen molar-refractivity contribution in [3.8, 4) is 11.5 Å². The van der Waals surface area contributed by atoms with E-state index in [4.69, 9.17) is 15.2 Å². The highest BCUT2D eigenvalue weighted by Crippen LogP contribution is 2.31. The fourth-order valence-electron chi connectivity index (χ4n) is 1.65. The fourth-order valence-corrected chi connectivity index (χ4v) is 1.65. The molecule has 0 unspecified atom stereocenters. The average Bonchev–Trinajstić information content (AvgIpc) is 2.36. The molecule has 0 aliphatic rings. The van der Waals surface area contributed by atoms with Gasteiger partial charge in [0.1, 0.15) is 22.7 Å². The molecule has 0 aliphatic heterocycles. The lowest BCUT2D eigenvalue weighted by Crippen LogP contribution is -2.12. The Bertz CT molecular complexity index is 581. The number of fused-ring (bicyclic) bond motifs is 1. The number of hydrogen-bond acceptors (Lipinski definition) is 4. The van der Waals surface area contributed by atoms with E-state index in [0.29, 0.717) is 17.0 Å². The first kappa shape index (κ1) is 11.2. The SMILES string of the molecule is COc1ccc(OC)c2nc(C(N)=O)ccc12. The number of carbonyl (C=O) groups is 1. The van der Waals surface area contributed by atoms with Crippen LogP contribution in [0.5, 0.6) is 11.5 Å². The van der Waals surface area contributed by atoms with E-state index in [1.165, 1.54) is 0 Å². The number of amides is 1. The number of nitrogens with two attached hydrogens (primary N) is 1. The van der Waals surface area contributed by atoms with Gasteiger partial charge in [0.05, 0.1) is 14.2 Å². The van der Waals surface area contributed by atoms with Gasteiger partial charge in [-0.2, -0.15) is 0 Å². The number of nitrogens with zero attached hydrogens (tertiary/aromatic N) is 1. The van der Waals surface area contributed by atoms with Crippen LogP contribution >= 0.6 is 0 Å². The highest BCUT2D eigenvalue weighted by molar-refractivity contribution is 5.96. The lowest BCUT2D eigenvalue weighted by atomic mass is 10.1. The summed E-state index contributed by atoms with van der Waals surface area (Å²) in [5.41, 5.74) is 5.95. The van der Waals surface area contributed by atoms with Gasteiger partial charge in [-0.3, -0.25) is 4.79 Å². The van der Waals surface area contributed by atoms with E-state index in [1.807, 2.05) is 0 Å². The van der Waals surface area contributed by atoms with Gasteiger partial charge in [0.2, 0.25) is 0 Å². The molecule has 2 N–H and O–H groups in total. The van der Waals surface area contributed by atoms with Crippen LogP contribution in [0.4, 0.5) is 0 Å². The van der Waals surface area contributed by atoms with E-state index in [0.717, 1.165) is 5.39 Å². The topological polar surface area (TPSA) is 74.4 Å². The van der Waals surface area contributed by atoms with E-state index < -0.39 is 5.91 Å². The number of benzene rings is 1. The molecule has 2 rings (SSSR count). The van der Waals surface area contributed by atoms with E-state index in [-0.39, 0.29) is 5.69 Å². The second kappa shape index (κ2) is 4.29. The molecule has 0 bridgehead atoms. The summed E-state index contributed by atoms with van der Waals surface area (Å²) in [6, 6.07) is 6.82. The van der Waals surface area contributed by atoms with Crippen LogP contribution in [0, 0.1) is 0 Å². The third-order valence-electron chi connectivity index (χ3n) is 2.47. The van der Waals surface area contributed by atoms with Crippen LogP contribution in [0.1, 0.15) is 10.5 Å². The highest BCUT2D eigenvalue weighted by Gasteiger charge is 2.11. The molecule has 0 aliphatic carbocycles. The summed E-state index contributed by atoms with van der Waals surface area (Å²) < 4.78 is 10.4. The minimum Gasteiger partial charge on any atom is -0.496 e. The van der Waals surface area contributed by atoms with Crippen molar-refractivity contribution < 1.29 is 14.3 Å². The average molecular weight is 232 g/mol. The number of hydrogen-bond donors (Lipinski definition) is 1. The molecule has 0 saturated heterocycles. The Labute approximate surface area is 98.2 Å². The van der Waals surface area contributed by atoms with Gasteiger partial charge in [-0.25, -0.2) is 4.98 Å². The van der Waals surface area contributed by atoms with Crippen LogP contribution in [0.2, 0.25) is 0 Å². The number of ether oxygens (including phenoxy) is 2. The monoisotopic (exact) mass is 232 g/mol. The minimum absolute atomic E-state index is 0.198. The van der Waals surface area contributed by atoms with Crippen molar-refractivity contribution >= 4 is 16.8 Å². The standard InChI is InChI=1S/C12H12N2O3/c1-16-9-5-6-10(17-2)11-7(9)3-4-8(14-11)12(13)15/h3-6H,1-2H3,(H2,13,15). The zero-order valence-electron chi connectivity index (χ0n) is 9.56. The molecule has 0 atom stereocenters. The molecule has 17 heavy (non-hydrogen) atoms. The van der Waals surface area contributed by atoms with Gasteiger partial charge in [0.25, 0.3) is 5.91 Å². The Hall–Kier alpha value is -2.30. The van der Waals surface area contributed by atoms with Crippen molar-refractivity contribution in [3.63, 3.8) is 0 Å². The molecule has 5 heteroatoms. The normalized spacial score (nSPS) is 10.2. The smallest absolute Gasteiger partial charge is 0.267 e. The number of aromatic nitrogens is 1. The Morgan fingerprint density at radius 1 is 1.12 bits per heavy atom. The van der Waals surface area contributed by atoms with Crippen LogP contribution in [-0.4, -0.2) is 25.1 Å². The number of carbonyl (C=O) groups excluding carboxylic acids is 1. The van der Waals surface area contributed by atoms with Crippen LogP contribution in [0.3, 0.4) is 0 Å². The third kappa shape index (κ3) is 1.87. The highest BCUT2D eigenvalue weighted by atomic mass is 16.5. The molecule has 0 saturated carbocycles. The van der Waals surface area contributed by atoms with Gasteiger partial charge in [-0.1, -0.05) is 0 Å². The first-order valence-electron chi connectivity index (χ1n) is 4.99. The quantitative estimate of drug-likeness (QED) is 0.866. The van der Waals surface area contributed by atoms with Gasteiger partial charge in [0, 0.05) is 5.39 Å². The Morgan fingerprint density at radius 3 is 2.35 bits per heavy atom. The van der Waals surface area contributed by atoms with E-state index in [9.17, 15) is 4.79 Å². The molecule has 2 aromatic rings. The van der Waals surface area contributed by atoms with Crippen LogP contribution < -0.4 is 15.2 Å². The van der Waals surface area contributed by atoms with Gasteiger partial charge in [-0.05, 0) is 24.3 Å². The molecule has 1 aromatic heterocycles. The Kier molecular flexibility index (Phi) is 2.82. The van der Waals surface area contributed by atoms with Crippen LogP contribution in [0.15, 0.2) is 24.3 Å². The molecule has 0 radical (unpaired) electrons. The molecule has 5 nitrogen and oxygen atoms in total. The lowest BCUT2D eigenvalue weighted by molar-refractivity contribution is 0.0996. The summed E-state index contributed by atoms with van der Waals surface area (Å²) in [5, 5.41) is 0.775. The van der Waals surface area contributed by atoms with Crippen molar-refractivity contribution in [1.82, 2.24) is 4.98 Å². The number of rotatable bonds is 3. The Morgan fingerprint density at radius 2 is 1.76 bits per heavy atom. The predicted molar refractivity (Wildman–Crippen MR) is 63.4 cm³/mol. The summed E-state index contributed by atoms with van der Waals surface area (Å²) in [6.07, 6.45) is 0. The number of primary amides is 1. The summed E-state index contributed by atoms with van der Waals surface area (Å²) in [6.45, 7) is 0. The Balaban J connectivity index is 2.77. The summed E-state index contributed by atoms with van der Waals surface area (Å²) >= 11 is 0. The van der Waals surface area contributed by atoms with Gasteiger partial charge in [0.15, 0.2) is 0 Å². The van der Waals surface area contributed by atoms with E-state index in [1.54, 1.807) is 38.5 Å². The van der Waals surface area contributed by atoms with Gasteiger partial charge < -0.3 is 15.2 Å². The van der Waals surface area contributed by atoms with Crippen LogP contribution in [-0.2, 0) is 0 Å². The molecular weight excluding hydrogens is 220 g/mol. The minimum atomic E-state index is -0.572. The van der Waals surface area contributed by atoms with E-state index in [2.05, 4.69) is 4.98 Å². The number of pyridine rings is 1. The van der Waals surface area contributed by atoms with E-state index >= 15 is 0 Å². The summed E-state index contributed by atoms with van der Waals surface area (Å²) in [7, 11) is 3.11. The zero-order valence-corrected chi connectivity index (χ0v) is 9.56. The summed E-state index contributed by atoms with van der Waals surface area (Å²) in [4.78, 5) is 15.3. The van der Waals surface area contributed by atoms with Crippen molar-refractivity contribution in [3.05, 3.63) is 30.0 Å². The molecule has 88 valence electrons. The molecule has 1 aromatic carbocycles. The second-order valence-electron chi connectivity index (χ2n) is 3.43. The third-order valence-corrected chi connectivity index (χ3v) is 2.47. The largest absolute Gasteiger partial charge is 0.496 e. The number of methoxy groups -OCH3 is 2. The molecule has 0 spiro atoms. The second-order valence-corrected chi connectivity index (χ2v) is 3.43. The zero-order chi connectivity index (χ0) is 12.4. The molecule has 1 heterocycles. The lowest BCUT2D eigenvalue weighted by Gasteiger charge is -2.09. The molecule has 1 amide bonds. The maximum Gasteiger partial charge on any atom is 0.267 e. The fraction of sp³-hybridized carbons (Fsp3) is 0.167. The van der Waals surface area contributed by atoms with Crippen LogP contribution in [0.25, 0.3) is 10.9 Å². The summed E-state index contributed by atoms with van der Waals surface area (Å²) in [5.74, 6) is 0.671. The van der Waals surface area contributed by atoms with Crippen molar-refractivity contribution in [1.29, 1.82) is 0 Å². The predicted octanol–water partition coefficient (Wildman–Crippen LogP) is 1.35. The van der Waals surface area contributed by atoms with Crippen molar-refractivity contribution in [2.24, 2.45) is 5.73 Å². The van der Waals surface area contributed by atoms with Crippen molar-refractivity contribution in [2.45, 2.75) is 0 Å². The van der Waals surface area contributed by atoms with Gasteiger partial charge in [-0.15, -0.1) is 0 Å². The first-order chi connectivity index (χ1) is 8.17. The first-order valence-corrected chi connectivity index (χ1v) is 4.99. The molecule has 0 fully saturated rings. The maximum absolute atomic E-state index is 11.1. The molecular formula is C12H12N2O3. The van der Waals surface area contributed by atoms with Gasteiger partial charge >= 0.3 is 0 Å². The maximum atomic E-state index is 11.1.